The average molecular weight is 376 g/mol. The van der Waals surface area contributed by atoms with Gasteiger partial charge >= 0.3 is 6.18 Å². The summed E-state index contributed by atoms with van der Waals surface area (Å²) in [6.07, 6.45) is -8.28. The van der Waals surface area contributed by atoms with E-state index in [2.05, 4.69) is 0 Å². The monoisotopic (exact) mass is 374 g/mol. The van der Waals surface area contributed by atoms with Crippen molar-refractivity contribution in [3.05, 3.63) is 56.5 Å². The summed E-state index contributed by atoms with van der Waals surface area (Å²) in [6.45, 7) is 0. The highest BCUT2D eigenvalue weighted by Gasteiger charge is 2.39. The van der Waals surface area contributed by atoms with Crippen LogP contribution in [-0.4, -0.2) is 0 Å². The van der Waals surface area contributed by atoms with Crippen molar-refractivity contribution in [2.45, 2.75) is 12.6 Å². The Labute approximate surface area is 137 Å². The van der Waals surface area contributed by atoms with Crippen molar-refractivity contribution in [2.24, 2.45) is 0 Å². The van der Waals surface area contributed by atoms with Gasteiger partial charge in [0.2, 0.25) is 0 Å². The molecule has 0 amide bonds. The van der Waals surface area contributed by atoms with Gasteiger partial charge in [-0.2, -0.15) is 13.2 Å². The van der Waals surface area contributed by atoms with Crippen LogP contribution in [0.3, 0.4) is 0 Å². The lowest BCUT2D eigenvalue weighted by Gasteiger charge is -2.19. The SMILES string of the molecule is FC(F)c1cccc(-c2c(Cl)cc(Cl)cc2Cl)c1C(F)(F)F. The molecule has 0 N–H and O–H groups in total. The highest BCUT2D eigenvalue weighted by molar-refractivity contribution is 6.41. The van der Waals surface area contributed by atoms with Crippen molar-refractivity contribution in [3.8, 4) is 11.1 Å². The molecule has 0 nitrogen and oxygen atoms in total. The zero-order valence-electron chi connectivity index (χ0n) is 10.5. The maximum Gasteiger partial charge on any atom is 0.417 e. The second kappa shape index (κ2) is 6.22. The van der Waals surface area contributed by atoms with E-state index < -0.39 is 29.3 Å². The maximum absolute atomic E-state index is 13.3. The van der Waals surface area contributed by atoms with Gasteiger partial charge in [0.05, 0.1) is 15.6 Å². The van der Waals surface area contributed by atoms with Crippen molar-refractivity contribution in [3.63, 3.8) is 0 Å². The minimum atomic E-state index is -4.99. The molecule has 0 aromatic heterocycles. The maximum atomic E-state index is 13.3. The van der Waals surface area contributed by atoms with Crippen LogP contribution in [0.5, 0.6) is 0 Å². The van der Waals surface area contributed by atoms with Gasteiger partial charge in [-0.25, -0.2) is 8.78 Å². The van der Waals surface area contributed by atoms with Crippen molar-refractivity contribution < 1.29 is 22.0 Å². The number of halogens is 8. The predicted octanol–water partition coefficient (Wildman–Crippen LogP) is 7.27. The van der Waals surface area contributed by atoms with E-state index in [9.17, 15) is 22.0 Å². The fourth-order valence-electron chi connectivity index (χ4n) is 2.08. The molecule has 0 aliphatic heterocycles. The Balaban J connectivity index is 2.85. The zero-order valence-corrected chi connectivity index (χ0v) is 12.8. The molecule has 0 spiro atoms. The fraction of sp³-hybridized carbons (Fsp3) is 0.143. The third-order valence-electron chi connectivity index (χ3n) is 2.89. The molecule has 0 radical (unpaired) electrons. The second-order valence-electron chi connectivity index (χ2n) is 4.31. The highest BCUT2D eigenvalue weighted by Crippen LogP contribution is 2.46. The van der Waals surface area contributed by atoms with Gasteiger partial charge in [0.25, 0.3) is 6.43 Å². The molecule has 0 fully saturated rings. The second-order valence-corrected chi connectivity index (χ2v) is 5.56. The predicted molar refractivity (Wildman–Crippen MR) is 76.9 cm³/mol. The van der Waals surface area contributed by atoms with Crippen LogP contribution in [0.4, 0.5) is 22.0 Å². The zero-order chi connectivity index (χ0) is 16.7. The molecule has 2 rings (SSSR count). The first kappa shape index (κ1) is 17.3. The summed E-state index contributed by atoms with van der Waals surface area (Å²) in [4.78, 5) is 0. The normalized spacial score (nSPS) is 12.0. The van der Waals surface area contributed by atoms with Crippen molar-refractivity contribution in [2.75, 3.05) is 0 Å². The minimum Gasteiger partial charge on any atom is -0.205 e. The van der Waals surface area contributed by atoms with Gasteiger partial charge < -0.3 is 0 Å². The lowest BCUT2D eigenvalue weighted by molar-refractivity contribution is -0.139. The number of benzene rings is 2. The first-order valence-electron chi connectivity index (χ1n) is 5.76. The van der Waals surface area contributed by atoms with Crippen LogP contribution in [0.2, 0.25) is 15.1 Å². The number of hydrogen-bond donors (Lipinski definition) is 0. The lowest BCUT2D eigenvalue weighted by Crippen LogP contribution is -2.12. The van der Waals surface area contributed by atoms with Crippen molar-refractivity contribution in [1.82, 2.24) is 0 Å². The molecule has 0 bridgehead atoms. The number of rotatable bonds is 2. The molecule has 0 atom stereocenters. The molecule has 0 heterocycles. The van der Waals surface area contributed by atoms with Crippen LogP contribution < -0.4 is 0 Å². The Morgan fingerprint density at radius 2 is 1.45 bits per heavy atom. The van der Waals surface area contributed by atoms with Gasteiger partial charge in [-0.05, 0) is 17.7 Å². The summed E-state index contributed by atoms with van der Waals surface area (Å²) in [5.41, 5.74) is -3.30. The van der Waals surface area contributed by atoms with Gasteiger partial charge in [0, 0.05) is 16.1 Å². The highest BCUT2D eigenvalue weighted by atomic mass is 35.5. The van der Waals surface area contributed by atoms with Crippen LogP contribution in [0.25, 0.3) is 11.1 Å². The van der Waals surface area contributed by atoms with Gasteiger partial charge in [-0.15, -0.1) is 0 Å². The van der Waals surface area contributed by atoms with Crippen LogP contribution in [0, 0.1) is 0 Å². The molecule has 0 saturated carbocycles. The van der Waals surface area contributed by atoms with Crippen LogP contribution in [0.15, 0.2) is 30.3 Å². The molecular weight excluding hydrogens is 370 g/mol. The van der Waals surface area contributed by atoms with E-state index in [-0.39, 0.29) is 20.6 Å². The van der Waals surface area contributed by atoms with E-state index in [1.807, 2.05) is 0 Å². The third-order valence-corrected chi connectivity index (χ3v) is 3.71. The van der Waals surface area contributed by atoms with E-state index in [4.69, 9.17) is 34.8 Å². The third kappa shape index (κ3) is 3.31. The summed E-state index contributed by atoms with van der Waals surface area (Å²) >= 11 is 17.5. The molecule has 22 heavy (non-hydrogen) atoms. The largest absolute Gasteiger partial charge is 0.417 e. The van der Waals surface area contributed by atoms with E-state index in [1.54, 1.807) is 0 Å². The van der Waals surface area contributed by atoms with Crippen molar-refractivity contribution in [1.29, 1.82) is 0 Å². The molecule has 2 aromatic rings. The first-order valence-corrected chi connectivity index (χ1v) is 6.89. The summed E-state index contributed by atoms with van der Waals surface area (Å²) in [7, 11) is 0. The number of hydrogen-bond acceptors (Lipinski definition) is 0. The molecule has 0 aliphatic carbocycles. The van der Waals surface area contributed by atoms with E-state index in [0.29, 0.717) is 6.07 Å². The van der Waals surface area contributed by atoms with E-state index in [1.165, 1.54) is 12.1 Å². The van der Waals surface area contributed by atoms with Crippen LogP contribution >= 0.6 is 34.8 Å². The summed E-state index contributed by atoms with van der Waals surface area (Å²) in [5.74, 6) is 0. The van der Waals surface area contributed by atoms with Crippen molar-refractivity contribution >= 4 is 34.8 Å². The Kier molecular flexibility index (Phi) is 4.90. The molecule has 8 heteroatoms. The van der Waals surface area contributed by atoms with E-state index >= 15 is 0 Å². The smallest absolute Gasteiger partial charge is 0.205 e. The molecular formula is C14H6Cl3F5. The Morgan fingerprint density at radius 3 is 1.91 bits per heavy atom. The van der Waals surface area contributed by atoms with Gasteiger partial charge in [-0.1, -0.05) is 53.0 Å². The molecule has 0 unspecified atom stereocenters. The van der Waals surface area contributed by atoms with Gasteiger partial charge in [0.15, 0.2) is 0 Å². The average Bonchev–Trinajstić information content (AvgIpc) is 2.35. The van der Waals surface area contributed by atoms with Gasteiger partial charge in [-0.3, -0.25) is 0 Å². The first-order chi connectivity index (χ1) is 10.1. The topological polar surface area (TPSA) is 0 Å². The van der Waals surface area contributed by atoms with E-state index in [0.717, 1.165) is 12.1 Å². The number of alkyl halides is 5. The fourth-order valence-corrected chi connectivity index (χ4v) is 3.10. The molecule has 118 valence electrons. The molecule has 0 aliphatic rings. The summed E-state index contributed by atoms with van der Waals surface area (Å²) < 4.78 is 65.6. The molecule has 2 aromatic carbocycles. The van der Waals surface area contributed by atoms with Crippen LogP contribution in [0.1, 0.15) is 17.6 Å². The summed E-state index contributed by atoms with van der Waals surface area (Å²) in [5, 5.41) is -0.193. The van der Waals surface area contributed by atoms with Gasteiger partial charge in [0.1, 0.15) is 0 Å². The Morgan fingerprint density at radius 1 is 0.909 bits per heavy atom. The standard InChI is InChI=1S/C14H6Cl3F5/c15-6-4-9(16)11(10(17)5-6)7-2-1-3-8(13(18)19)12(7)14(20,21)22/h1-5,13H. The lowest BCUT2D eigenvalue weighted by atomic mass is 9.95. The molecule has 0 saturated heterocycles. The van der Waals surface area contributed by atoms with Crippen LogP contribution in [-0.2, 0) is 6.18 Å². The summed E-state index contributed by atoms with van der Waals surface area (Å²) in [6, 6.07) is 5.23. The minimum absolute atomic E-state index is 0.123. The Bertz CT molecular complexity index is 687. The quantitative estimate of drug-likeness (QED) is 0.484. The Hall–Kier alpha value is -1.04.